The topological polar surface area (TPSA) is 159 Å². The molecule has 2 aromatic rings. The van der Waals surface area contributed by atoms with E-state index in [9.17, 15) is 24.3 Å². The Kier molecular flexibility index (Phi) is 8.08. The van der Waals surface area contributed by atoms with Crippen molar-refractivity contribution in [3.05, 3.63) is 65.7 Å². The Labute approximate surface area is 215 Å². The first kappa shape index (κ1) is 26.2. The zero-order valence-electron chi connectivity index (χ0n) is 20.6. The molecule has 4 rings (SSSR count). The maximum Gasteiger partial charge on any atom is 0.250 e. The van der Waals surface area contributed by atoms with E-state index in [0.29, 0.717) is 44.3 Å². The number of primary amides is 1. The molecule has 2 heterocycles. The van der Waals surface area contributed by atoms with E-state index in [1.54, 1.807) is 36.4 Å². The molecule has 0 unspecified atom stereocenters. The van der Waals surface area contributed by atoms with Crippen molar-refractivity contribution in [1.82, 2.24) is 15.1 Å². The summed E-state index contributed by atoms with van der Waals surface area (Å²) >= 11 is 0. The van der Waals surface area contributed by atoms with Crippen molar-refractivity contribution >= 4 is 23.6 Å². The third kappa shape index (κ3) is 5.91. The number of phenols is 1. The monoisotopic (exact) mass is 507 g/mol. The molecule has 0 aromatic heterocycles. The van der Waals surface area contributed by atoms with Gasteiger partial charge in [-0.3, -0.25) is 19.2 Å². The quantitative estimate of drug-likeness (QED) is 0.409. The predicted molar refractivity (Wildman–Crippen MR) is 136 cm³/mol. The predicted octanol–water partition coefficient (Wildman–Crippen LogP) is 0.587. The number of nitrogens with zero attached hydrogens (tertiary/aromatic N) is 2. The highest BCUT2D eigenvalue weighted by molar-refractivity contribution is 5.95. The Balaban J connectivity index is 1.49. The lowest BCUT2D eigenvalue weighted by atomic mass is 10.0. The third-order valence-corrected chi connectivity index (χ3v) is 7.08. The molecule has 196 valence electrons. The van der Waals surface area contributed by atoms with E-state index < -0.39 is 41.9 Å². The Morgan fingerprint density at radius 1 is 0.892 bits per heavy atom. The average Bonchev–Trinajstić information content (AvgIpc) is 3.58. The van der Waals surface area contributed by atoms with Crippen LogP contribution in [-0.2, 0) is 25.6 Å². The highest BCUT2D eigenvalue weighted by atomic mass is 16.3. The zero-order chi connectivity index (χ0) is 26.5. The number of hydrogen-bond donors (Lipinski definition) is 4. The summed E-state index contributed by atoms with van der Waals surface area (Å²) in [6, 6.07) is 11.9. The summed E-state index contributed by atoms with van der Waals surface area (Å²) in [6.07, 6.45) is 2.49. The van der Waals surface area contributed by atoms with Gasteiger partial charge in [-0.2, -0.15) is 0 Å². The van der Waals surface area contributed by atoms with Crippen LogP contribution in [-0.4, -0.2) is 69.8 Å². The molecule has 10 heteroatoms. The van der Waals surface area contributed by atoms with E-state index in [-0.39, 0.29) is 18.1 Å². The molecule has 4 atom stereocenters. The highest BCUT2D eigenvalue weighted by Gasteiger charge is 2.40. The minimum absolute atomic E-state index is 0.124. The number of hydrogen-bond acceptors (Lipinski definition) is 6. The fourth-order valence-electron chi connectivity index (χ4n) is 5.15. The second-order valence-electron chi connectivity index (χ2n) is 9.61. The minimum Gasteiger partial charge on any atom is -0.508 e. The van der Waals surface area contributed by atoms with Gasteiger partial charge in [-0.1, -0.05) is 42.5 Å². The Morgan fingerprint density at radius 3 is 2.11 bits per heavy atom. The first-order chi connectivity index (χ1) is 17.8. The van der Waals surface area contributed by atoms with E-state index in [1.807, 2.05) is 6.07 Å². The summed E-state index contributed by atoms with van der Waals surface area (Å²) in [7, 11) is 0. The van der Waals surface area contributed by atoms with Crippen molar-refractivity contribution < 1.29 is 24.3 Å². The first-order valence-corrected chi connectivity index (χ1v) is 12.6. The molecule has 2 aromatic carbocycles. The van der Waals surface area contributed by atoms with Gasteiger partial charge in [-0.15, -0.1) is 0 Å². The van der Waals surface area contributed by atoms with Crippen molar-refractivity contribution in [2.45, 2.75) is 56.3 Å². The largest absolute Gasteiger partial charge is 0.508 e. The van der Waals surface area contributed by atoms with Gasteiger partial charge in [-0.25, -0.2) is 0 Å². The smallest absolute Gasteiger partial charge is 0.250 e. The van der Waals surface area contributed by atoms with Gasteiger partial charge in [-0.05, 0) is 55.4 Å². The molecule has 0 radical (unpaired) electrons. The van der Waals surface area contributed by atoms with Crippen LogP contribution in [0, 0.1) is 0 Å². The molecular weight excluding hydrogens is 474 g/mol. The second-order valence-corrected chi connectivity index (χ2v) is 9.61. The van der Waals surface area contributed by atoms with Crippen LogP contribution < -0.4 is 16.8 Å². The maximum absolute atomic E-state index is 13.5. The number of phenolic OH excluding ortho intramolecular Hbond substituents is 1. The van der Waals surface area contributed by atoms with Gasteiger partial charge in [0.25, 0.3) is 0 Å². The van der Waals surface area contributed by atoms with Crippen LogP contribution >= 0.6 is 0 Å². The number of benzene rings is 2. The third-order valence-electron chi connectivity index (χ3n) is 7.08. The van der Waals surface area contributed by atoms with Gasteiger partial charge in [0, 0.05) is 13.1 Å². The van der Waals surface area contributed by atoms with Gasteiger partial charge in [0.2, 0.25) is 23.6 Å². The fourth-order valence-corrected chi connectivity index (χ4v) is 5.15. The Morgan fingerprint density at radius 2 is 1.49 bits per heavy atom. The molecule has 2 saturated heterocycles. The van der Waals surface area contributed by atoms with E-state index in [0.717, 1.165) is 5.56 Å². The lowest BCUT2D eigenvalue weighted by molar-refractivity contribution is -0.143. The molecule has 0 saturated carbocycles. The normalized spacial score (nSPS) is 20.9. The molecular formula is C27H33N5O5. The Bertz CT molecular complexity index is 1140. The van der Waals surface area contributed by atoms with Crippen LogP contribution in [0.2, 0.25) is 0 Å². The molecule has 10 nitrogen and oxygen atoms in total. The molecule has 0 bridgehead atoms. The summed E-state index contributed by atoms with van der Waals surface area (Å²) in [4.78, 5) is 55.0. The number of rotatable bonds is 8. The Hall–Kier alpha value is -3.92. The zero-order valence-corrected chi connectivity index (χ0v) is 20.6. The molecule has 4 amide bonds. The maximum atomic E-state index is 13.5. The van der Waals surface area contributed by atoms with Crippen LogP contribution in [0.4, 0.5) is 0 Å². The van der Waals surface area contributed by atoms with Crippen molar-refractivity contribution in [1.29, 1.82) is 0 Å². The van der Waals surface area contributed by atoms with Gasteiger partial charge in [0.15, 0.2) is 0 Å². The second kappa shape index (κ2) is 11.4. The van der Waals surface area contributed by atoms with Crippen LogP contribution in [0.15, 0.2) is 54.6 Å². The van der Waals surface area contributed by atoms with Crippen molar-refractivity contribution in [3.63, 3.8) is 0 Å². The number of carbonyl (C=O) groups is 4. The molecule has 2 fully saturated rings. The number of likely N-dealkylation sites (tertiary alicyclic amines) is 2. The molecule has 6 N–H and O–H groups in total. The summed E-state index contributed by atoms with van der Waals surface area (Å²) in [5, 5.41) is 12.3. The van der Waals surface area contributed by atoms with Crippen LogP contribution in [0.3, 0.4) is 0 Å². The summed E-state index contributed by atoms with van der Waals surface area (Å²) in [5.74, 6) is -1.64. The number of nitrogens with two attached hydrogens (primary N) is 2. The van der Waals surface area contributed by atoms with Gasteiger partial charge < -0.3 is 31.7 Å². The average molecular weight is 508 g/mol. The number of amides is 4. The lowest BCUT2D eigenvalue weighted by Gasteiger charge is -2.31. The lowest BCUT2D eigenvalue weighted by Crippen LogP contribution is -2.54. The van der Waals surface area contributed by atoms with Crippen molar-refractivity contribution in [2.24, 2.45) is 11.5 Å². The van der Waals surface area contributed by atoms with Gasteiger partial charge >= 0.3 is 0 Å². The van der Waals surface area contributed by atoms with E-state index in [4.69, 9.17) is 11.5 Å². The van der Waals surface area contributed by atoms with Crippen LogP contribution in [0.5, 0.6) is 5.75 Å². The minimum atomic E-state index is -1.02. The van der Waals surface area contributed by atoms with E-state index >= 15 is 0 Å². The summed E-state index contributed by atoms with van der Waals surface area (Å²) in [5.41, 5.74) is 13.1. The van der Waals surface area contributed by atoms with Crippen LogP contribution in [0.25, 0.3) is 0 Å². The first-order valence-electron chi connectivity index (χ1n) is 12.6. The number of carbonyl (C=O) groups excluding carboxylic acids is 4. The summed E-state index contributed by atoms with van der Waals surface area (Å²) in [6.45, 7) is 0.770. The van der Waals surface area contributed by atoms with Crippen molar-refractivity contribution in [3.8, 4) is 5.75 Å². The highest BCUT2D eigenvalue weighted by Crippen LogP contribution is 2.25. The van der Waals surface area contributed by atoms with E-state index in [2.05, 4.69) is 5.32 Å². The molecule has 2 aliphatic heterocycles. The number of nitrogens with one attached hydrogen (secondary N) is 1. The number of aromatic hydroxyl groups is 1. The van der Waals surface area contributed by atoms with Crippen molar-refractivity contribution in [2.75, 3.05) is 13.1 Å². The van der Waals surface area contributed by atoms with Gasteiger partial charge in [0.05, 0.1) is 6.04 Å². The molecule has 0 aliphatic carbocycles. The van der Waals surface area contributed by atoms with Crippen LogP contribution in [0.1, 0.15) is 42.9 Å². The molecule has 37 heavy (non-hydrogen) atoms. The fraction of sp³-hybridized carbons (Fsp3) is 0.407. The summed E-state index contributed by atoms with van der Waals surface area (Å²) < 4.78 is 0. The molecule has 2 aliphatic rings. The van der Waals surface area contributed by atoms with Gasteiger partial charge in [0.1, 0.15) is 23.9 Å². The standard InChI is InChI=1S/C27H33N5O5/c28-20(16-17-10-12-19(33)13-11-17)26(36)32-15-5-9-22(32)25(35)30-23(18-6-2-1-3-7-18)27(37)31-14-4-8-21(31)24(29)34/h1-3,6-7,10-13,20-23,33H,4-5,8-9,14-16,28H2,(H2,29,34)(H,30,35)/t20-,21-,22-,23+/m0/s1. The van der Waals surface area contributed by atoms with E-state index in [1.165, 1.54) is 21.9 Å². The molecule has 0 spiro atoms. The SMILES string of the molecule is NC(=O)[C@@H]1CCCN1C(=O)[C@H](NC(=O)[C@@H]1CCCN1C(=O)[C@@H](N)Cc1ccc(O)cc1)c1ccccc1.